The number of hydrogen-bond acceptors (Lipinski definition) is 3. The van der Waals surface area contributed by atoms with Gasteiger partial charge in [-0.3, -0.25) is 9.48 Å². The zero-order valence-corrected chi connectivity index (χ0v) is 12.3. The molecule has 0 aromatic carbocycles. The van der Waals surface area contributed by atoms with Crippen molar-refractivity contribution in [1.82, 2.24) is 14.7 Å². The average Bonchev–Trinajstić information content (AvgIpc) is 2.88. The minimum absolute atomic E-state index is 0.0579. The maximum absolute atomic E-state index is 13.1. The van der Waals surface area contributed by atoms with Crippen LogP contribution in [0.5, 0.6) is 0 Å². The maximum atomic E-state index is 13.1. The second-order valence-corrected chi connectivity index (χ2v) is 5.82. The number of amides is 1. The van der Waals surface area contributed by atoms with Gasteiger partial charge in [-0.25, -0.2) is 0 Å². The molecule has 1 aliphatic heterocycles. The molecule has 0 N–H and O–H groups in total. The molecule has 0 spiro atoms. The molecule has 0 bridgehead atoms. The van der Waals surface area contributed by atoms with Crippen LogP contribution in [0.1, 0.15) is 41.7 Å². The van der Waals surface area contributed by atoms with E-state index in [1.807, 2.05) is 0 Å². The van der Waals surface area contributed by atoms with Crippen LogP contribution in [0.4, 0.5) is 13.2 Å². The number of aryl methyl sites for hydroxylation is 1. The maximum Gasteiger partial charge on any atom is 0.435 e. The van der Waals surface area contributed by atoms with E-state index in [-0.39, 0.29) is 17.7 Å². The molecule has 3 rings (SSSR count). The van der Waals surface area contributed by atoms with Crippen molar-refractivity contribution < 1.29 is 22.7 Å². The Morgan fingerprint density at radius 2 is 2.09 bits per heavy atom. The number of carbonyl (C=O) groups excluding carboxylic acids is 1. The number of fused-ring (bicyclic) bond motifs is 1. The number of ether oxygens (including phenoxy) is 1. The molecule has 1 aromatic heterocycles. The van der Waals surface area contributed by atoms with E-state index in [4.69, 9.17) is 4.74 Å². The van der Waals surface area contributed by atoms with E-state index in [1.165, 1.54) is 7.05 Å². The molecule has 1 saturated carbocycles. The highest BCUT2D eigenvalue weighted by Crippen LogP contribution is 2.34. The van der Waals surface area contributed by atoms with Gasteiger partial charge in [0.05, 0.1) is 24.3 Å². The summed E-state index contributed by atoms with van der Waals surface area (Å²) in [6, 6.07) is -0.128. The molecule has 2 aliphatic rings. The molecule has 2 atom stereocenters. The van der Waals surface area contributed by atoms with E-state index < -0.39 is 17.8 Å². The highest BCUT2D eigenvalue weighted by Gasteiger charge is 2.43. The van der Waals surface area contributed by atoms with E-state index in [0.717, 1.165) is 36.6 Å². The first-order chi connectivity index (χ1) is 10.4. The van der Waals surface area contributed by atoms with Gasteiger partial charge < -0.3 is 9.64 Å². The predicted molar refractivity (Wildman–Crippen MR) is 71.2 cm³/mol. The van der Waals surface area contributed by atoms with Crippen LogP contribution in [-0.4, -0.2) is 45.9 Å². The lowest BCUT2D eigenvalue weighted by Gasteiger charge is -2.43. The SMILES string of the molecule is Cn1cc(C(=O)N2CCO[C@@H]3CCCC[C@H]32)c(C(F)(F)F)n1. The van der Waals surface area contributed by atoms with Gasteiger partial charge in [-0.05, 0) is 12.8 Å². The molecular formula is C14H18F3N3O2. The Morgan fingerprint density at radius 1 is 1.36 bits per heavy atom. The second-order valence-electron chi connectivity index (χ2n) is 5.82. The number of hydrogen-bond donors (Lipinski definition) is 0. The Morgan fingerprint density at radius 3 is 2.82 bits per heavy atom. The summed E-state index contributed by atoms with van der Waals surface area (Å²) in [5, 5.41) is 3.41. The average molecular weight is 317 g/mol. The third-order valence-corrected chi connectivity index (χ3v) is 4.32. The van der Waals surface area contributed by atoms with Crippen LogP contribution in [-0.2, 0) is 18.0 Å². The molecular weight excluding hydrogens is 299 g/mol. The molecule has 2 heterocycles. The molecule has 1 aliphatic carbocycles. The second kappa shape index (κ2) is 5.57. The lowest BCUT2D eigenvalue weighted by atomic mass is 9.89. The van der Waals surface area contributed by atoms with Crippen molar-refractivity contribution in [1.29, 1.82) is 0 Å². The van der Waals surface area contributed by atoms with Crippen molar-refractivity contribution >= 4 is 5.91 Å². The summed E-state index contributed by atoms with van der Waals surface area (Å²) in [4.78, 5) is 14.2. The fraction of sp³-hybridized carbons (Fsp3) is 0.714. The molecule has 0 unspecified atom stereocenters. The van der Waals surface area contributed by atoms with Crippen molar-refractivity contribution in [2.45, 2.75) is 44.0 Å². The van der Waals surface area contributed by atoms with Gasteiger partial charge >= 0.3 is 6.18 Å². The van der Waals surface area contributed by atoms with Crippen molar-refractivity contribution in [3.63, 3.8) is 0 Å². The summed E-state index contributed by atoms with van der Waals surface area (Å²) >= 11 is 0. The highest BCUT2D eigenvalue weighted by molar-refractivity contribution is 5.95. The Labute approximate surface area is 126 Å². The third-order valence-electron chi connectivity index (χ3n) is 4.32. The predicted octanol–water partition coefficient (Wildman–Crippen LogP) is 2.22. The summed E-state index contributed by atoms with van der Waals surface area (Å²) in [5.41, 5.74) is -1.49. The molecule has 1 aromatic rings. The van der Waals surface area contributed by atoms with Crippen molar-refractivity contribution in [2.24, 2.45) is 7.05 Å². The van der Waals surface area contributed by atoms with Gasteiger partial charge in [-0.1, -0.05) is 12.8 Å². The van der Waals surface area contributed by atoms with Gasteiger partial charge in [0, 0.05) is 19.8 Å². The summed E-state index contributed by atoms with van der Waals surface area (Å²) in [5.74, 6) is -0.597. The summed E-state index contributed by atoms with van der Waals surface area (Å²) in [6.45, 7) is 0.695. The van der Waals surface area contributed by atoms with Crippen LogP contribution in [0.15, 0.2) is 6.20 Å². The van der Waals surface area contributed by atoms with Gasteiger partial charge in [0.2, 0.25) is 0 Å². The fourth-order valence-corrected chi connectivity index (χ4v) is 3.36. The third kappa shape index (κ3) is 2.71. The van der Waals surface area contributed by atoms with E-state index >= 15 is 0 Å². The van der Waals surface area contributed by atoms with Gasteiger partial charge in [-0.2, -0.15) is 18.3 Å². The molecule has 0 radical (unpaired) electrons. The first kappa shape index (κ1) is 15.3. The zero-order chi connectivity index (χ0) is 15.9. The highest BCUT2D eigenvalue weighted by atomic mass is 19.4. The molecule has 8 heteroatoms. The Bertz CT molecular complexity index is 568. The number of halogens is 3. The number of carbonyl (C=O) groups is 1. The monoisotopic (exact) mass is 317 g/mol. The quantitative estimate of drug-likeness (QED) is 0.798. The van der Waals surface area contributed by atoms with Crippen LogP contribution in [0.3, 0.4) is 0 Å². The van der Waals surface area contributed by atoms with Crippen LogP contribution >= 0.6 is 0 Å². The van der Waals surface area contributed by atoms with Crippen LogP contribution < -0.4 is 0 Å². The number of aromatic nitrogens is 2. The van der Waals surface area contributed by atoms with E-state index in [0.29, 0.717) is 13.2 Å². The van der Waals surface area contributed by atoms with Crippen molar-refractivity contribution in [3.8, 4) is 0 Å². The number of alkyl halides is 3. The standard InChI is InChI=1S/C14H18F3N3O2/c1-19-8-9(12(18-19)14(15,16)17)13(21)20-6-7-22-11-5-3-2-4-10(11)20/h8,10-11H,2-7H2,1H3/t10-,11-/m1/s1. The molecule has 2 fully saturated rings. The van der Waals surface area contributed by atoms with Gasteiger partial charge in [0.15, 0.2) is 5.69 Å². The lowest BCUT2D eigenvalue weighted by molar-refractivity contribution is -0.142. The summed E-state index contributed by atoms with van der Waals surface area (Å²) < 4.78 is 45.9. The molecule has 122 valence electrons. The van der Waals surface area contributed by atoms with E-state index in [9.17, 15) is 18.0 Å². The Hall–Kier alpha value is -1.57. The topological polar surface area (TPSA) is 47.4 Å². The Kier molecular flexibility index (Phi) is 3.88. The van der Waals surface area contributed by atoms with Gasteiger partial charge in [-0.15, -0.1) is 0 Å². The molecule has 5 nitrogen and oxygen atoms in total. The molecule has 1 amide bonds. The minimum Gasteiger partial charge on any atom is -0.374 e. The largest absolute Gasteiger partial charge is 0.435 e. The Balaban J connectivity index is 1.90. The molecule has 22 heavy (non-hydrogen) atoms. The summed E-state index contributed by atoms with van der Waals surface area (Å²) in [6.07, 6.45) is 0.0869. The summed E-state index contributed by atoms with van der Waals surface area (Å²) in [7, 11) is 1.38. The van der Waals surface area contributed by atoms with Crippen LogP contribution in [0.25, 0.3) is 0 Å². The molecule has 1 saturated heterocycles. The first-order valence-electron chi connectivity index (χ1n) is 7.41. The number of rotatable bonds is 1. The van der Waals surface area contributed by atoms with Gasteiger partial charge in [0.1, 0.15) is 0 Å². The smallest absolute Gasteiger partial charge is 0.374 e. The van der Waals surface area contributed by atoms with Crippen LogP contribution in [0.2, 0.25) is 0 Å². The van der Waals surface area contributed by atoms with Crippen molar-refractivity contribution in [3.05, 3.63) is 17.5 Å². The van der Waals surface area contributed by atoms with E-state index in [1.54, 1.807) is 4.90 Å². The number of nitrogens with zero attached hydrogens (tertiary/aromatic N) is 3. The normalized spacial score (nSPS) is 25.9. The zero-order valence-electron chi connectivity index (χ0n) is 12.3. The minimum atomic E-state index is -4.63. The van der Waals surface area contributed by atoms with Crippen molar-refractivity contribution in [2.75, 3.05) is 13.2 Å². The van der Waals surface area contributed by atoms with E-state index in [2.05, 4.69) is 5.10 Å². The first-order valence-corrected chi connectivity index (χ1v) is 7.41. The number of morpholine rings is 1. The van der Waals surface area contributed by atoms with Crippen LogP contribution in [0, 0.1) is 0 Å². The fourth-order valence-electron chi connectivity index (χ4n) is 3.36. The van der Waals surface area contributed by atoms with Gasteiger partial charge in [0.25, 0.3) is 5.91 Å². The lowest BCUT2D eigenvalue weighted by Crippen LogP contribution is -2.55.